The highest BCUT2D eigenvalue weighted by molar-refractivity contribution is 7.78. The summed E-state index contributed by atoms with van der Waals surface area (Å²) in [6.45, 7) is 2.39. The Labute approximate surface area is 206 Å². The number of benzene rings is 4. The van der Waals surface area contributed by atoms with E-state index in [2.05, 4.69) is 153 Å². The molecule has 0 radical (unpaired) electrons. The molecule has 2 heteroatoms. The number of rotatable bonds is 7. The molecule has 168 valence electrons. The van der Waals surface area contributed by atoms with Gasteiger partial charge in [-0.1, -0.05) is 153 Å². The molecule has 0 heterocycles. The van der Waals surface area contributed by atoms with Gasteiger partial charge in [-0.2, -0.15) is 0 Å². The van der Waals surface area contributed by atoms with Crippen LogP contribution in [-0.4, -0.2) is 10.8 Å². The highest BCUT2D eigenvalue weighted by Gasteiger charge is 2.47. The minimum Gasteiger partial charge on any atom is -0.0752 e. The molecule has 0 aromatic heterocycles. The van der Waals surface area contributed by atoms with Gasteiger partial charge in [0.1, 0.15) is 0 Å². The van der Waals surface area contributed by atoms with Crippen molar-refractivity contribution < 1.29 is 0 Å². The van der Waals surface area contributed by atoms with Crippen LogP contribution in [-0.2, 0) is 0 Å². The molecule has 5 rings (SSSR count). The topological polar surface area (TPSA) is 0 Å². The van der Waals surface area contributed by atoms with Crippen LogP contribution in [0.3, 0.4) is 0 Å². The molecular formula is C32H30P2. The Hall–Kier alpha value is -2.78. The van der Waals surface area contributed by atoms with Gasteiger partial charge in [0.2, 0.25) is 0 Å². The van der Waals surface area contributed by atoms with Crippen LogP contribution in [0.15, 0.2) is 146 Å². The zero-order valence-electron chi connectivity index (χ0n) is 19.5. The van der Waals surface area contributed by atoms with Gasteiger partial charge in [-0.25, -0.2) is 0 Å². The second-order valence-electron chi connectivity index (χ2n) is 8.58. The van der Waals surface area contributed by atoms with Gasteiger partial charge in [0.25, 0.3) is 0 Å². The first-order chi connectivity index (χ1) is 16.8. The SMILES string of the molecule is CCC1(P(c2ccccc2)c2ccccc2)C=CC=CC1P(c1ccccc1)c1ccccc1. The average molecular weight is 477 g/mol. The molecule has 0 N–H and O–H groups in total. The van der Waals surface area contributed by atoms with Crippen LogP contribution in [0.5, 0.6) is 0 Å². The fourth-order valence-corrected chi connectivity index (χ4v) is 11.8. The van der Waals surface area contributed by atoms with Crippen molar-refractivity contribution in [1.82, 2.24) is 0 Å². The first-order valence-electron chi connectivity index (χ1n) is 12.0. The predicted octanol–water partition coefficient (Wildman–Crippen LogP) is 6.90. The summed E-state index contributed by atoms with van der Waals surface area (Å²) in [5, 5.41) is 5.81. The lowest BCUT2D eigenvalue weighted by Gasteiger charge is -2.48. The summed E-state index contributed by atoms with van der Waals surface area (Å²) < 4.78 is 0. The predicted molar refractivity (Wildman–Crippen MR) is 153 cm³/mol. The second kappa shape index (κ2) is 10.7. The number of allylic oxidation sites excluding steroid dienone is 4. The van der Waals surface area contributed by atoms with Gasteiger partial charge in [0, 0.05) is 10.8 Å². The largest absolute Gasteiger partial charge is 0.0752 e. The first kappa shape index (κ1) is 23.0. The van der Waals surface area contributed by atoms with E-state index < -0.39 is 15.8 Å². The van der Waals surface area contributed by atoms with Gasteiger partial charge in [-0.15, -0.1) is 0 Å². The van der Waals surface area contributed by atoms with E-state index in [9.17, 15) is 0 Å². The molecule has 0 nitrogen and oxygen atoms in total. The maximum absolute atomic E-state index is 2.55. The molecule has 0 fully saturated rings. The molecule has 0 saturated heterocycles. The summed E-state index contributed by atoms with van der Waals surface area (Å²) in [6.07, 6.45) is 10.7. The molecular weight excluding hydrogens is 446 g/mol. The number of hydrogen-bond acceptors (Lipinski definition) is 0. The van der Waals surface area contributed by atoms with Crippen molar-refractivity contribution in [3.63, 3.8) is 0 Å². The average Bonchev–Trinajstić information content (AvgIpc) is 2.92. The van der Waals surface area contributed by atoms with Gasteiger partial charge < -0.3 is 0 Å². The van der Waals surface area contributed by atoms with Crippen LogP contribution >= 0.6 is 15.8 Å². The lowest BCUT2D eigenvalue weighted by atomic mass is 9.96. The van der Waals surface area contributed by atoms with E-state index in [4.69, 9.17) is 0 Å². The van der Waals surface area contributed by atoms with Crippen molar-refractivity contribution in [3.05, 3.63) is 146 Å². The van der Waals surface area contributed by atoms with E-state index in [0.717, 1.165) is 6.42 Å². The van der Waals surface area contributed by atoms with E-state index in [1.807, 2.05) is 0 Å². The minimum absolute atomic E-state index is 0.0180. The van der Waals surface area contributed by atoms with Crippen LogP contribution in [0.4, 0.5) is 0 Å². The zero-order chi connectivity index (χ0) is 23.2. The molecule has 2 unspecified atom stereocenters. The first-order valence-corrected chi connectivity index (χ1v) is 14.7. The Kier molecular flexibility index (Phi) is 7.20. The lowest BCUT2D eigenvalue weighted by molar-refractivity contribution is 0.689. The highest BCUT2D eigenvalue weighted by Crippen LogP contribution is 2.62. The van der Waals surface area contributed by atoms with E-state index in [0.29, 0.717) is 5.66 Å². The maximum atomic E-state index is 2.55. The van der Waals surface area contributed by atoms with E-state index in [1.165, 1.54) is 21.2 Å². The summed E-state index contributed by atoms with van der Waals surface area (Å²) in [7, 11) is -1.23. The molecule has 0 amide bonds. The fourth-order valence-electron chi connectivity index (χ4n) is 5.09. The van der Waals surface area contributed by atoms with Gasteiger partial charge in [-0.3, -0.25) is 0 Å². The van der Waals surface area contributed by atoms with Gasteiger partial charge in [0.15, 0.2) is 0 Å². The van der Waals surface area contributed by atoms with Crippen molar-refractivity contribution in [3.8, 4) is 0 Å². The van der Waals surface area contributed by atoms with Crippen LogP contribution in [0.2, 0.25) is 0 Å². The van der Waals surface area contributed by atoms with Gasteiger partial charge in [0.05, 0.1) is 0 Å². The van der Waals surface area contributed by atoms with E-state index >= 15 is 0 Å². The van der Waals surface area contributed by atoms with Gasteiger partial charge >= 0.3 is 0 Å². The molecule has 1 aliphatic rings. The smallest absolute Gasteiger partial charge is 0.0273 e. The summed E-state index contributed by atoms with van der Waals surface area (Å²) in [5.74, 6) is 0. The summed E-state index contributed by atoms with van der Waals surface area (Å²) in [6, 6.07) is 44.8. The molecule has 0 saturated carbocycles. The normalized spacial score (nSPS) is 19.6. The van der Waals surface area contributed by atoms with E-state index in [-0.39, 0.29) is 5.16 Å². The quantitative estimate of drug-likeness (QED) is 0.255. The van der Waals surface area contributed by atoms with Crippen LogP contribution in [0.25, 0.3) is 0 Å². The van der Waals surface area contributed by atoms with Crippen LogP contribution in [0, 0.1) is 0 Å². The Morgan fingerprint density at radius 2 is 0.971 bits per heavy atom. The van der Waals surface area contributed by atoms with Crippen molar-refractivity contribution in [2.75, 3.05) is 0 Å². The monoisotopic (exact) mass is 476 g/mol. The molecule has 0 aliphatic heterocycles. The van der Waals surface area contributed by atoms with Crippen molar-refractivity contribution in [2.45, 2.75) is 24.2 Å². The molecule has 2 atom stereocenters. The number of hydrogen-bond donors (Lipinski definition) is 0. The summed E-state index contributed by atoms with van der Waals surface area (Å²) in [4.78, 5) is 0. The van der Waals surface area contributed by atoms with Crippen molar-refractivity contribution in [1.29, 1.82) is 0 Å². The standard InChI is InChI=1S/C32H30P2/c1-2-32(34(29-21-11-5-12-22-29)30-23-13-6-14-24-30)26-16-15-25-31(32)33(27-17-7-3-8-18-27)28-19-9-4-10-20-28/h3-26,31H,2H2,1H3. The minimum atomic E-state index is -0.628. The van der Waals surface area contributed by atoms with E-state index in [1.54, 1.807) is 0 Å². The third-order valence-corrected chi connectivity index (χ3v) is 13.0. The molecule has 0 bridgehead atoms. The highest BCUT2D eigenvalue weighted by atomic mass is 31.1. The summed E-state index contributed by atoms with van der Waals surface area (Å²) in [5.41, 5.74) is 0.397. The Balaban J connectivity index is 1.74. The van der Waals surface area contributed by atoms with Crippen molar-refractivity contribution in [2.24, 2.45) is 0 Å². The molecule has 1 aliphatic carbocycles. The molecule has 4 aromatic rings. The van der Waals surface area contributed by atoms with Crippen LogP contribution < -0.4 is 21.2 Å². The fraction of sp³-hybridized carbons (Fsp3) is 0.125. The second-order valence-corrected chi connectivity index (χ2v) is 13.4. The Morgan fingerprint density at radius 3 is 1.38 bits per heavy atom. The molecule has 4 aromatic carbocycles. The molecule has 0 spiro atoms. The van der Waals surface area contributed by atoms with Crippen molar-refractivity contribution >= 4 is 37.1 Å². The summed E-state index contributed by atoms with van der Waals surface area (Å²) >= 11 is 0. The maximum Gasteiger partial charge on any atom is 0.0273 e. The third-order valence-electron chi connectivity index (χ3n) is 6.66. The Bertz CT molecular complexity index is 1150. The van der Waals surface area contributed by atoms with Gasteiger partial charge in [-0.05, 0) is 43.5 Å². The third kappa shape index (κ3) is 4.46. The zero-order valence-corrected chi connectivity index (χ0v) is 21.3. The lowest BCUT2D eigenvalue weighted by Crippen LogP contribution is -2.45. The Morgan fingerprint density at radius 1 is 0.559 bits per heavy atom. The van der Waals surface area contributed by atoms with Crippen LogP contribution in [0.1, 0.15) is 13.3 Å². The molecule has 34 heavy (non-hydrogen) atoms.